The Morgan fingerprint density at radius 3 is 2.33 bits per heavy atom. The molecule has 2 N–H and O–H groups in total. The van der Waals surface area contributed by atoms with Gasteiger partial charge in [0, 0.05) is 5.69 Å². The molecule has 0 amide bonds. The summed E-state index contributed by atoms with van der Waals surface area (Å²) in [6, 6.07) is 8.10. The first kappa shape index (κ1) is 11.2. The van der Waals surface area contributed by atoms with E-state index in [1.54, 1.807) is 6.20 Å². The molecule has 0 fully saturated rings. The Bertz CT molecular complexity index is 364. The monoisotopic (exact) mass is 204 g/mol. The molecule has 1 aromatic heterocycles. The standard InChI is InChI=1S/C9H10N4.C2H6/c1-7-2-4-8(5-3-7)11-9-6-10-13-12-9;1-2/h2-6H,1H3,(H2,10,11,12,13);1-2H3. The minimum Gasteiger partial charge on any atom is -0.337 e. The molecule has 0 atom stereocenters. The number of aromatic nitrogens is 3. The van der Waals surface area contributed by atoms with Crippen molar-refractivity contribution in [2.45, 2.75) is 20.8 Å². The second-order valence-electron chi connectivity index (χ2n) is 2.85. The van der Waals surface area contributed by atoms with Crippen molar-refractivity contribution < 1.29 is 0 Å². The minimum atomic E-state index is 0.726. The molecule has 2 rings (SSSR count). The highest BCUT2D eigenvalue weighted by molar-refractivity contribution is 5.54. The molecule has 0 bridgehead atoms. The van der Waals surface area contributed by atoms with Crippen molar-refractivity contribution in [2.24, 2.45) is 0 Å². The maximum atomic E-state index is 3.89. The van der Waals surface area contributed by atoms with Gasteiger partial charge >= 0.3 is 0 Å². The van der Waals surface area contributed by atoms with E-state index >= 15 is 0 Å². The van der Waals surface area contributed by atoms with E-state index in [1.165, 1.54) is 5.56 Å². The molecule has 0 unspecified atom stereocenters. The summed E-state index contributed by atoms with van der Waals surface area (Å²) in [7, 11) is 0. The van der Waals surface area contributed by atoms with Gasteiger partial charge in [-0.15, -0.1) is 5.10 Å². The van der Waals surface area contributed by atoms with Crippen LogP contribution < -0.4 is 5.32 Å². The van der Waals surface area contributed by atoms with Crippen LogP contribution in [0.5, 0.6) is 0 Å². The molecule has 0 saturated carbocycles. The molecular formula is C11H16N4. The topological polar surface area (TPSA) is 53.6 Å². The fraction of sp³-hybridized carbons (Fsp3) is 0.273. The van der Waals surface area contributed by atoms with Gasteiger partial charge in [0.25, 0.3) is 0 Å². The lowest BCUT2D eigenvalue weighted by atomic mass is 10.2. The highest BCUT2D eigenvalue weighted by Crippen LogP contribution is 2.13. The van der Waals surface area contributed by atoms with Crippen LogP contribution in [0.15, 0.2) is 30.5 Å². The Hall–Kier alpha value is -1.84. The molecular weight excluding hydrogens is 188 g/mol. The van der Waals surface area contributed by atoms with Crippen LogP contribution in [0.4, 0.5) is 11.5 Å². The molecule has 80 valence electrons. The van der Waals surface area contributed by atoms with E-state index in [2.05, 4.69) is 27.7 Å². The maximum Gasteiger partial charge on any atom is 0.172 e. The van der Waals surface area contributed by atoms with Crippen LogP contribution in [0.25, 0.3) is 0 Å². The highest BCUT2D eigenvalue weighted by atomic mass is 15.3. The number of anilines is 2. The summed E-state index contributed by atoms with van der Waals surface area (Å²) in [6.45, 7) is 6.06. The summed E-state index contributed by atoms with van der Waals surface area (Å²) < 4.78 is 0. The van der Waals surface area contributed by atoms with Crippen molar-refractivity contribution in [1.82, 2.24) is 15.4 Å². The van der Waals surface area contributed by atoms with Crippen molar-refractivity contribution in [1.29, 1.82) is 0 Å². The molecule has 4 heteroatoms. The van der Waals surface area contributed by atoms with E-state index in [-0.39, 0.29) is 0 Å². The van der Waals surface area contributed by atoms with Gasteiger partial charge in [0.1, 0.15) is 0 Å². The van der Waals surface area contributed by atoms with Gasteiger partial charge < -0.3 is 5.32 Å². The first-order chi connectivity index (χ1) is 7.34. The maximum absolute atomic E-state index is 3.89. The zero-order valence-electron chi connectivity index (χ0n) is 9.28. The van der Waals surface area contributed by atoms with Crippen molar-refractivity contribution in [3.63, 3.8) is 0 Å². The number of aryl methyl sites for hydroxylation is 1. The molecule has 0 radical (unpaired) electrons. The van der Waals surface area contributed by atoms with Crippen LogP contribution in [0.3, 0.4) is 0 Å². The first-order valence-electron chi connectivity index (χ1n) is 5.04. The predicted molar refractivity (Wildman–Crippen MR) is 62.2 cm³/mol. The van der Waals surface area contributed by atoms with Crippen LogP contribution in [0.2, 0.25) is 0 Å². The van der Waals surface area contributed by atoms with Gasteiger partial charge in [0.2, 0.25) is 0 Å². The molecule has 4 nitrogen and oxygen atoms in total. The highest BCUT2D eigenvalue weighted by Gasteiger charge is 1.95. The number of nitrogens with zero attached hydrogens (tertiary/aromatic N) is 2. The fourth-order valence-corrected chi connectivity index (χ4v) is 1.05. The number of benzene rings is 1. The molecule has 0 aliphatic heterocycles. The third kappa shape index (κ3) is 3.42. The number of nitrogens with one attached hydrogen (secondary N) is 2. The molecule has 2 aromatic rings. The van der Waals surface area contributed by atoms with E-state index in [0.717, 1.165) is 11.5 Å². The lowest BCUT2D eigenvalue weighted by Gasteiger charge is -2.01. The first-order valence-corrected chi connectivity index (χ1v) is 5.04. The largest absolute Gasteiger partial charge is 0.337 e. The number of rotatable bonds is 2. The van der Waals surface area contributed by atoms with Crippen molar-refractivity contribution in [2.75, 3.05) is 5.32 Å². The molecule has 0 spiro atoms. The van der Waals surface area contributed by atoms with Gasteiger partial charge in [-0.3, -0.25) is 0 Å². The van der Waals surface area contributed by atoms with Gasteiger partial charge in [0.15, 0.2) is 5.82 Å². The van der Waals surface area contributed by atoms with Crippen LogP contribution in [-0.4, -0.2) is 15.4 Å². The van der Waals surface area contributed by atoms with Gasteiger partial charge in [-0.1, -0.05) is 31.5 Å². The van der Waals surface area contributed by atoms with Gasteiger partial charge in [-0.2, -0.15) is 10.3 Å². The van der Waals surface area contributed by atoms with Crippen LogP contribution in [0, 0.1) is 6.92 Å². The summed E-state index contributed by atoms with van der Waals surface area (Å²) in [6.07, 6.45) is 1.64. The summed E-state index contributed by atoms with van der Waals surface area (Å²) in [4.78, 5) is 0. The SMILES string of the molecule is CC.Cc1ccc(Nc2cn[nH]n2)cc1. The number of hydrogen-bond acceptors (Lipinski definition) is 3. The van der Waals surface area contributed by atoms with E-state index < -0.39 is 0 Å². The van der Waals surface area contributed by atoms with Crippen LogP contribution in [-0.2, 0) is 0 Å². The Labute approximate surface area is 89.7 Å². The van der Waals surface area contributed by atoms with Crippen molar-refractivity contribution >= 4 is 11.5 Å². The summed E-state index contributed by atoms with van der Waals surface area (Å²) in [5.74, 6) is 0.726. The molecule has 0 aliphatic carbocycles. The summed E-state index contributed by atoms with van der Waals surface area (Å²) >= 11 is 0. The second-order valence-corrected chi connectivity index (χ2v) is 2.85. The average molecular weight is 204 g/mol. The van der Waals surface area contributed by atoms with Gasteiger partial charge in [-0.25, -0.2) is 0 Å². The van der Waals surface area contributed by atoms with Gasteiger partial charge in [-0.05, 0) is 19.1 Å². The smallest absolute Gasteiger partial charge is 0.172 e. The Morgan fingerprint density at radius 2 is 1.80 bits per heavy atom. The third-order valence-corrected chi connectivity index (χ3v) is 1.74. The number of hydrogen-bond donors (Lipinski definition) is 2. The quantitative estimate of drug-likeness (QED) is 0.790. The van der Waals surface area contributed by atoms with Crippen molar-refractivity contribution in [3.05, 3.63) is 36.0 Å². The molecule has 1 aromatic carbocycles. The zero-order chi connectivity index (χ0) is 11.1. The Balaban J connectivity index is 0.000000531. The summed E-state index contributed by atoms with van der Waals surface area (Å²) in [5.41, 5.74) is 2.25. The van der Waals surface area contributed by atoms with E-state index in [4.69, 9.17) is 0 Å². The van der Waals surface area contributed by atoms with Crippen LogP contribution in [0.1, 0.15) is 19.4 Å². The average Bonchev–Trinajstić information content (AvgIpc) is 2.77. The fourth-order valence-electron chi connectivity index (χ4n) is 1.05. The van der Waals surface area contributed by atoms with Crippen LogP contribution >= 0.6 is 0 Å². The molecule has 0 saturated heterocycles. The molecule has 0 aliphatic rings. The minimum absolute atomic E-state index is 0.726. The second kappa shape index (κ2) is 5.80. The molecule has 1 heterocycles. The van der Waals surface area contributed by atoms with E-state index in [9.17, 15) is 0 Å². The van der Waals surface area contributed by atoms with E-state index in [0.29, 0.717) is 0 Å². The lowest BCUT2D eigenvalue weighted by Crippen LogP contribution is -1.89. The Morgan fingerprint density at radius 1 is 1.13 bits per heavy atom. The normalized spacial score (nSPS) is 9.00. The lowest BCUT2D eigenvalue weighted by molar-refractivity contribution is 0.942. The summed E-state index contributed by atoms with van der Waals surface area (Å²) in [5, 5.41) is 13.2. The number of aromatic amines is 1. The van der Waals surface area contributed by atoms with E-state index in [1.807, 2.05) is 38.1 Å². The third-order valence-electron chi connectivity index (χ3n) is 1.74. The number of H-pyrrole nitrogens is 1. The molecule has 15 heavy (non-hydrogen) atoms. The van der Waals surface area contributed by atoms with Crippen molar-refractivity contribution in [3.8, 4) is 0 Å². The zero-order valence-corrected chi connectivity index (χ0v) is 9.28. The predicted octanol–water partition coefficient (Wildman–Crippen LogP) is 2.88. The van der Waals surface area contributed by atoms with Gasteiger partial charge in [0.05, 0.1) is 6.20 Å². The Kier molecular flexibility index (Phi) is 4.34.